The van der Waals surface area contributed by atoms with Crippen LogP contribution in [0.5, 0.6) is 0 Å². The van der Waals surface area contributed by atoms with E-state index in [9.17, 15) is 0 Å². The molecule has 0 heterocycles. The standard InChI is InChI=1S/C51H48/c1-31-21-23-34(4)48(29-31)45-19-13-12-18-44(45)42-26-24-36(6)50(39(42)9)43-28-27-41(37(7)38(43)8)46-25-22-32(2)30-49(46)47-20-14-16-35(5)51(47)40-17-11-10-15-33(40)3/h10-30H,1-9H3. The molecule has 7 aromatic rings. The molecule has 0 N–H and O–H groups in total. The Kier molecular flexibility index (Phi) is 9.13. The van der Waals surface area contributed by atoms with Gasteiger partial charge in [-0.05, 0) is 168 Å². The van der Waals surface area contributed by atoms with Gasteiger partial charge in [-0.2, -0.15) is 0 Å². The second kappa shape index (κ2) is 13.7. The molecule has 0 aromatic heterocycles. The van der Waals surface area contributed by atoms with Gasteiger partial charge in [0.1, 0.15) is 0 Å². The normalized spacial score (nSPS) is 11.2. The highest BCUT2D eigenvalue weighted by molar-refractivity contribution is 5.96. The number of rotatable bonds is 6. The van der Waals surface area contributed by atoms with Crippen molar-refractivity contribution in [1.82, 2.24) is 0 Å². The largest absolute Gasteiger partial charge is 0.0620 e. The van der Waals surface area contributed by atoms with Crippen LogP contribution in [0.25, 0.3) is 66.8 Å². The molecule has 0 saturated heterocycles. The van der Waals surface area contributed by atoms with Crippen molar-refractivity contribution in [2.75, 3.05) is 0 Å². The van der Waals surface area contributed by atoms with Crippen LogP contribution in [-0.2, 0) is 0 Å². The highest BCUT2D eigenvalue weighted by Crippen LogP contribution is 2.45. The molecule has 0 radical (unpaired) electrons. The molecule has 0 heteroatoms. The van der Waals surface area contributed by atoms with E-state index in [4.69, 9.17) is 0 Å². The number of hydrogen-bond acceptors (Lipinski definition) is 0. The maximum absolute atomic E-state index is 2.37. The molecule has 252 valence electrons. The molecule has 7 aromatic carbocycles. The van der Waals surface area contributed by atoms with Gasteiger partial charge in [0.05, 0.1) is 0 Å². The fourth-order valence-corrected chi connectivity index (χ4v) is 8.13. The van der Waals surface area contributed by atoms with Crippen molar-refractivity contribution in [2.45, 2.75) is 62.3 Å². The number of hydrogen-bond donors (Lipinski definition) is 0. The monoisotopic (exact) mass is 660 g/mol. The lowest BCUT2D eigenvalue weighted by Crippen LogP contribution is -1.99. The quantitative estimate of drug-likeness (QED) is 0.166. The summed E-state index contributed by atoms with van der Waals surface area (Å²) in [4.78, 5) is 0. The van der Waals surface area contributed by atoms with Gasteiger partial charge in [0, 0.05) is 0 Å². The zero-order valence-corrected chi connectivity index (χ0v) is 31.6. The highest BCUT2D eigenvalue weighted by Gasteiger charge is 2.21. The molecule has 7 rings (SSSR count). The minimum Gasteiger partial charge on any atom is -0.0620 e. The van der Waals surface area contributed by atoms with Gasteiger partial charge in [0.15, 0.2) is 0 Å². The lowest BCUT2D eigenvalue weighted by molar-refractivity contribution is 1.30. The Morgan fingerprint density at radius 2 is 0.667 bits per heavy atom. The molecule has 0 aliphatic carbocycles. The van der Waals surface area contributed by atoms with Crippen LogP contribution >= 0.6 is 0 Å². The van der Waals surface area contributed by atoms with E-state index in [0.29, 0.717) is 0 Å². The third-order valence-corrected chi connectivity index (χ3v) is 11.1. The van der Waals surface area contributed by atoms with E-state index < -0.39 is 0 Å². The molecule has 0 nitrogen and oxygen atoms in total. The van der Waals surface area contributed by atoms with Gasteiger partial charge >= 0.3 is 0 Å². The van der Waals surface area contributed by atoms with Crippen LogP contribution in [0.15, 0.2) is 127 Å². The summed E-state index contributed by atoms with van der Waals surface area (Å²) >= 11 is 0. The second-order valence-electron chi connectivity index (χ2n) is 14.6. The Balaban J connectivity index is 1.39. The first-order valence-corrected chi connectivity index (χ1v) is 18.2. The molecule has 0 atom stereocenters. The molecule has 0 saturated carbocycles. The third kappa shape index (κ3) is 6.14. The lowest BCUT2D eigenvalue weighted by Gasteiger charge is -2.22. The molecule has 0 aliphatic rings. The van der Waals surface area contributed by atoms with Crippen molar-refractivity contribution in [3.8, 4) is 66.8 Å². The minimum absolute atomic E-state index is 1.26. The average molecular weight is 661 g/mol. The Morgan fingerprint density at radius 1 is 0.235 bits per heavy atom. The summed E-state index contributed by atoms with van der Waals surface area (Å²) in [5.74, 6) is 0. The molecule has 0 spiro atoms. The van der Waals surface area contributed by atoms with Crippen LogP contribution < -0.4 is 0 Å². The van der Waals surface area contributed by atoms with Crippen LogP contribution in [0, 0.1) is 62.3 Å². The third-order valence-electron chi connectivity index (χ3n) is 11.1. The van der Waals surface area contributed by atoms with E-state index in [1.54, 1.807) is 0 Å². The zero-order valence-electron chi connectivity index (χ0n) is 31.6. The molecule has 0 amide bonds. The van der Waals surface area contributed by atoms with Crippen molar-refractivity contribution in [1.29, 1.82) is 0 Å². The summed E-state index contributed by atoms with van der Waals surface area (Å²) in [6.07, 6.45) is 0. The molecule has 0 fully saturated rings. The van der Waals surface area contributed by atoms with Crippen molar-refractivity contribution in [3.05, 3.63) is 177 Å². The van der Waals surface area contributed by atoms with Gasteiger partial charge in [-0.25, -0.2) is 0 Å². The van der Waals surface area contributed by atoms with Crippen molar-refractivity contribution in [2.24, 2.45) is 0 Å². The first-order chi connectivity index (χ1) is 24.5. The maximum atomic E-state index is 2.37. The van der Waals surface area contributed by atoms with Crippen molar-refractivity contribution >= 4 is 0 Å². The van der Waals surface area contributed by atoms with Crippen LogP contribution in [0.2, 0.25) is 0 Å². The van der Waals surface area contributed by atoms with E-state index in [0.717, 1.165) is 0 Å². The van der Waals surface area contributed by atoms with E-state index in [1.807, 2.05) is 0 Å². The first-order valence-electron chi connectivity index (χ1n) is 18.2. The fraction of sp³-hybridized carbons (Fsp3) is 0.176. The number of aryl methyl sites for hydroxylation is 6. The zero-order chi connectivity index (χ0) is 36.0. The average Bonchev–Trinajstić information content (AvgIpc) is 3.12. The Hall–Kier alpha value is -5.46. The van der Waals surface area contributed by atoms with Gasteiger partial charge in [-0.15, -0.1) is 0 Å². The fourth-order valence-electron chi connectivity index (χ4n) is 8.13. The van der Waals surface area contributed by atoms with E-state index in [1.165, 1.54) is 117 Å². The maximum Gasteiger partial charge on any atom is -0.00732 e. The van der Waals surface area contributed by atoms with Crippen molar-refractivity contribution in [3.63, 3.8) is 0 Å². The number of benzene rings is 7. The molecule has 51 heavy (non-hydrogen) atoms. The van der Waals surface area contributed by atoms with Gasteiger partial charge in [-0.1, -0.05) is 139 Å². The van der Waals surface area contributed by atoms with Crippen LogP contribution in [0.4, 0.5) is 0 Å². The summed E-state index contributed by atoms with van der Waals surface area (Å²) < 4.78 is 0. The minimum atomic E-state index is 1.26. The SMILES string of the molecule is Cc1ccc(C)c(-c2ccccc2-c2ccc(C)c(-c3ccc(-c4ccc(C)cc4-c4cccc(C)c4-c4ccccc4C)c(C)c3C)c2C)c1. The van der Waals surface area contributed by atoms with Gasteiger partial charge < -0.3 is 0 Å². The first kappa shape index (κ1) is 34.0. The topological polar surface area (TPSA) is 0 Å². The lowest BCUT2D eigenvalue weighted by atomic mass is 9.81. The molecule has 0 aliphatic heterocycles. The van der Waals surface area contributed by atoms with Gasteiger partial charge in [0.25, 0.3) is 0 Å². The van der Waals surface area contributed by atoms with E-state index >= 15 is 0 Å². The molecular weight excluding hydrogens is 613 g/mol. The second-order valence-corrected chi connectivity index (χ2v) is 14.6. The van der Waals surface area contributed by atoms with Crippen LogP contribution in [0.3, 0.4) is 0 Å². The Bertz CT molecular complexity index is 2450. The summed E-state index contributed by atoms with van der Waals surface area (Å²) in [6.45, 7) is 20.2. The highest BCUT2D eigenvalue weighted by atomic mass is 14.2. The summed E-state index contributed by atoms with van der Waals surface area (Å²) in [5.41, 5.74) is 27.2. The molecular formula is C51H48. The predicted octanol–water partition coefficient (Wildman–Crippen LogP) is 14.5. The van der Waals surface area contributed by atoms with E-state index in [-0.39, 0.29) is 0 Å². The van der Waals surface area contributed by atoms with Crippen molar-refractivity contribution < 1.29 is 0 Å². The van der Waals surface area contributed by atoms with Crippen LogP contribution in [0.1, 0.15) is 50.1 Å². The Labute approximate surface area is 305 Å². The summed E-state index contributed by atoms with van der Waals surface area (Å²) in [7, 11) is 0. The van der Waals surface area contributed by atoms with Gasteiger partial charge in [-0.3, -0.25) is 0 Å². The van der Waals surface area contributed by atoms with Gasteiger partial charge in [0.2, 0.25) is 0 Å². The summed E-state index contributed by atoms with van der Waals surface area (Å²) in [5, 5.41) is 0. The predicted molar refractivity (Wildman–Crippen MR) is 222 cm³/mol. The molecule has 0 unspecified atom stereocenters. The summed E-state index contributed by atoms with van der Waals surface area (Å²) in [6, 6.07) is 47.5. The van der Waals surface area contributed by atoms with Crippen LogP contribution in [-0.4, -0.2) is 0 Å². The smallest absolute Gasteiger partial charge is 0.00732 e. The van der Waals surface area contributed by atoms with E-state index in [2.05, 4.69) is 190 Å². The Morgan fingerprint density at radius 3 is 1.39 bits per heavy atom. The molecule has 0 bridgehead atoms.